The van der Waals surface area contributed by atoms with E-state index >= 15 is 0 Å². The van der Waals surface area contributed by atoms with Gasteiger partial charge < -0.3 is 5.32 Å². The van der Waals surface area contributed by atoms with Crippen molar-refractivity contribution in [3.05, 3.63) is 77.9 Å². The van der Waals surface area contributed by atoms with Gasteiger partial charge in [0.05, 0.1) is 11.3 Å². The molecule has 0 aliphatic heterocycles. The number of imidazole rings is 1. The van der Waals surface area contributed by atoms with E-state index < -0.39 is 11.7 Å². The van der Waals surface area contributed by atoms with Gasteiger partial charge in [0.1, 0.15) is 5.82 Å². The molecule has 1 heterocycles. The van der Waals surface area contributed by atoms with Crippen molar-refractivity contribution in [1.29, 1.82) is 0 Å². The normalized spacial score (nSPS) is 11.4. The fourth-order valence-corrected chi connectivity index (χ4v) is 3.21. The van der Waals surface area contributed by atoms with Crippen LogP contribution < -0.4 is 5.32 Å². The third-order valence-corrected chi connectivity index (χ3v) is 4.76. The number of thioether (sulfide) groups is 1. The van der Waals surface area contributed by atoms with Gasteiger partial charge in [0.25, 0.3) is 0 Å². The Morgan fingerprint density at radius 2 is 1.89 bits per heavy atom. The number of alkyl halides is 3. The Bertz CT molecular complexity index is 954. The van der Waals surface area contributed by atoms with Crippen LogP contribution in [0.1, 0.15) is 11.1 Å². The number of nitrogens with one attached hydrogen (secondary N) is 1. The number of nitrogens with zero attached hydrogens (tertiary/aromatic N) is 2. The Balaban J connectivity index is 1.61. The fourth-order valence-electron chi connectivity index (χ4n) is 2.41. The van der Waals surface area contributed by atoms with Crippen molar-refractivity contribution in [3.63, 3.8) is 0 Å². The second-order valence-corrected chi connectivity index (χ2v) is 6.76. The summed E-state index contributed by atoms with van der Waals surface area (Å²) in [5, 5.41) is 3.10. The highest BCUT2D eigenvalue weighted by Gasteiger charge is 2.30. The van der Waals surface area contributed by atoms with Gasteiger partial charge in [-0.3, -0.25) is 9.36 Å². The first kappa shape index (κ1) is 19.9. The first-order chi connectivity index (χ1) is 13.3. The number of amides is 1. The highest BCUT2D eigenvalue weighted by atomic mass is 32.2. The molecule has 0 aliphatic rings. The van der Waals surface area contributed by atoms with Crippen LogP contribution in [0, 0.1) is 5.82 Å². The molecule has 0 radical (unpaired) electrons. The van der Waals surface area contributed by atoms with Gasteiger partial charge >= 0.3 is 6.18 Å². The maximum absolute atomic E-state index is 12.9. The summed E-state index contributed by atoms with van der Waals surface area (Å²) in [6.45, 7) is 0.252. The highest BCUT2D eigenvalue weighted by Crippen LogP contribution is 2.31. The topological polar surface area (TPSA) is 46.9 Å². The van der Waals surface area contributed by atoms with Gasteiger partial charge in [0, 0.05) is 24.6 Å². The van der Waals surface area contributed by atoms with Crippen molar-refractivity contribution >= 4 is 17.7 Å². The molecule has 0 spiro atoms. The summed E-state index contributed by atoms with van der Waals surface area (Å²) in [6.07, 6.45) is -1.45. The van der Waals surface area contributed by atoms with Crippen LogP contribution in [0.5, 0.6) is 0 Å². The summed E-state index contributed by atoms with van der Waals surface area (Å²) >= 11 is 1.11. The molecule has 9 heteroatoms. The minimum Gasteiger partial charge on any atom is -0.351 e. The van der Waals surface area contributed by atoms with Gasteiger partial charge in [-0.2, -0.15) is 13.2 Å². The van der Waals surface area contributed by atoms with E-state index in [1.165, 1.54) is 41.2 Å². The molecule has 0 unspecified atom stereocenters. The van der Waals surface area contributed by atoms with E-state index in [0.29, 0.717) is 10.8 Å². The second-order valence-electron chi connectivity index (χ2n) is 5.82. The Morgan fingerprint density at radius 1 is 1.14 bits per heavy atom. The number of aromatic nitrogens is 2. The SMILES string of the molecule is O=C(CSc1nccn1-c1cccc(C(F)(F)F)c1)NCc1ccc(F)cc1. The molecule has 0 aliphatic carbocycles. The van der Waals surface area contributed by atoms with E-state index in [2.05, 4.69) is 10.3 Å². The smallest absolute Gasteiger partial charge is 0.351 e. The van der Waals surface area contributed by atoms with Gasteiger partial charge in [-0.15, -0.1) is 0 Å². The molecule has 28 heavy (non-hydrogen) atoms. The van der Waals surface area contributed by atoms with Crippen LogP contribution >= 0.6 is 11.8 Å². The molecule has 4 nitrogen and oxygen atoms in total. The van der Waals surface area contributed by atoms with E-state index in [-0.39, 0.29) is 24.0 Å². The number of hydrogen-bond donors (Lipinski definition) is 1. The zero-order valence-corrected chi connectivity index (χ0v) is 15.2. The standard InChI is InChI=1S/C19H15F4N3OS/c20-15-6-4-13(5-7-15)11-25-17(27)12-28-18-24-8-9-26(18)16-3-1-2-14(10-16)19(21,22)23/h1-10H,11-12H2,(H,25,27). The lowest BCUT2D eigenvalue weighted by atomic mass is 10.2. The lowest BCUT2D eigenvalue weighted by molar-refractivity contribution is -0.137. The molecule has 1 aromatic heterocycles. The van der Waals surface area contributed by atoms with E-state index in [9.17, 15) is 22.4 Å². The largest absolute Gasteiger partial charge is 0.416 e. The summed E-state index contributed by atoms with van der Waals surface area (Å²) < 4.78 is 53.1. The molecule has 0 atom stereocenters. The molecule has 3 aromatic rings. The maximum atomic E-state index is 12.9. The Labute approximate surface area is 162 Å². The van der Waals surface area contributed by atoms with Gasteiger partial charge in [0.15, 0.2) is 5.16 Å². The molecule has 1 amide bonds. The molecule has 0 saturated carbocycles. The van der Waals surface area contributed by atoms with E-state index in [1.54, 1.807) is 12.1 Å². The average Bonchev–Trinajstić information content (AvgIpc) is 3.14. The molecule has 0 bridgehead atoms. The number of carbonyl (C=O) groups is 1. The van der Waals surface area contributed by atoms with Crippen molar-refractivity contribution in [3.8, 4) is 5.69 Å². The van der Waals surface area contributed by atoms with Crippen LogP contribution in [-0.2, 0) is 17.5 Å². The van der Waals surface area contributed by atoms with Gasteiger partial charge in [-0.1, -0.05) is 30.0 Å². The van der Waals surface area contributed by atoms with Crippen LogP contribution in [0.4, 0.5) is 17.6 Å². The van der Waals surface area contributed by atoms with E-state index in [4.69, 9.17) is 0 Å². The summed E-state index contributed by atoms with van der Waals surface area (Å²) in [5.41, 5.74) is 0.304. The predicted octanol–water partition coefficient (Wildman–Crippen LogP) is 4.44. The van der Waals surface area contributed by atoms with Crippen molar-refractivity contribution in [2.45, 2.75) is 17.9 Å². The fraction of sp³-hybridized carbons (Fsp3) is 0.158. The van der Waals surface area contributed by atoms with Crippen molar-refractivity contribution < 1.29 is 22.4 Å². The highest BCUT2D eigenvalue weighted by molar-refractivity contribution is 7.99. The summed E-state index contributed by atoms with van der Waals surface area (Å²) in [7, 11) is 0. The van der Waals surface area contributed by atoms with E-state index in [0.717, 1.165) is 29.5 Å². The van der Waals surface area contributed by atoms with E-state index in [1.807, 2.05) is 0 Å². The van der Waals surface area contributed by atoms with Gasteiger partial charge in [-0.05, 0) is 35.9 Å². The number of halogens is 4. The van der Waals surface area contributed by atoms with Crippen LogP contribution in [-0.4, -0.2) is 21.2 Å². The first-order valence-electron chi connectivity index (χ1n) is 8.18. The van der Waals surface area contributed by atoms with Crippen LogP contribution in [0.15, 0.2) is 66.1 Å². The predicted molar refractivity (Wildman–Crippen MR) is 97.5 cm³/mol. The molecule has 2 aromatic carbocycles. The molecule has 146 valence electrons. The molecule has 1 N–H and O–H groups in total. The van der Waals surface area contributed by atoms with Crippen molar-refractivity contribution in [2.24, 2.45) is 0 Å². The molecular weight excluding hydrogens is 394 g/mol. The third kappa shape index (κ3) is 5.13. The third-order valence-electron chi connectivity index (χ3n) is 3.79. The van der Waals surface area contributed by atoms with Gasteiger partial charge in [0.2, 0.25) is 5.91 Å². The Hall–Kier alpha value is -2.81. The zero-order valence-electron chi connectivity index (χ0n) is 14.4. The van der Waals surface area contributed by atoms with Crippen molar-refractivity contribution in [2.75, 3.05) is 5.75 Å². The monoisotopic (exact) mass is 409 g/mol. The number of benzene rings is 2. The molecule has 0 saturated heterocycles. The Kier molecular flexibility index (Phi) is 6.03. The minimum absolute atomic E-state index is 0.0389. The maximum Gasteiger partial charge on any atom is 0.416 e. The minimum atomic E-state index is -4.44. The molecular formula is C19H15F4N3OS. The number of carbonyl (C=O) groups excluding carboxylic acids is 1. The zero-order chi connectivity index (χ0) is 20.1. The van der Waals surface area contributed by atoms with Crippen LogP contribution in [0.25, 0.3) is 5.69 Å². The average molecular weight is 409 g/mol. The van der Waals surface area contributed by atoms with Crippen molar-refractivity contribution in [1.82, 2.24) is 14.9 Å². The Morgan fingerprint density at radius 3 is 2.61 bits per heavy atom. The summed E-state index contributed by atoms with van der Waals surface area (Å²) in [5.74, 6) is -0.586. The summed E-state index contributed by atoms with van der Waals surface area (Å²) in [4.78, 5) is 16.1. The van der Waals surface area contributed by atoms with Crippen LogP contribution in [0.3, 0.4) is 0 Å². The second kappa shape index (κ2) is 8.47. The number of rotatable bonds is 6. The lowest BCUT2D eigenvalue weighted by Crippen LogP contribution is -2.24. The number of hydrogen-bond acceptors (Lipinski definition) is 3. The summed E-state index contributed by atoms with van der Waals surface area (Å²) in [6, 6.07) is 10.6. The molecule has 3 rings (SSSR count). The first-order valence-corrected chi connectivity index (χ1v) is 9.16. The quantitative estimate of drug-likeness (QED) is 0.484. The molecule has 0 fully saturated rings. The lowest BCUT2D eigenvalue weighted by Gasteiger charge is -2.11. The van der Waals surface area contributed by atoms with Gasteiger partial charge in [-0.25, -0.2) is 9.37 Å². The van der Waals surface area contributed by atoms with Crippen LogP contribution in [0.2, 0.25) is 0 Å².